The number of nitrogens with zero attached hydrogens (tertiary/aromatic N) is 3. The lowest BCUT2D eigenvalue weighted by Crippen LogP contribution is -2.37. The Morgan fingerprint density at radius 1 is 1.03 bits per heavy atom. The number of carbonyl (C=O) groups is 1. The van der Waals surface area contributed by atoms with Crippen molar-refractivity contribution in [3.63, 3.8) is 0 Å². The zero-order valence-corrected chi connectivity index (χ0v) is 22.8. The SMILES string of the molecule is CC.CCN(C)/C(=C/c1cccc[n+]1Cc1ccccc1)S/C(C=O)=C1/Sc2ccccc2N1C. The Bertz CT molecular complexity index is 1190. The maximum absolute atomic E-state index is 12.2. The highest BCUT2D eigenvalue weighted by Crippen LogP contribution is 2.48. The first-order valence-electron chi connectivity index (χ1n) is 11.9. The van der Waals surface area contributed by atoms with Crippen LogP contribution >= 0.6 is 23.5 Å². The van der Waals surface area contributed by atoms with E-state index in [1.54, 1.807) is 11.8 Å². The van der Waals surface area contributed by atoms with Crippen molar-refractivity contribution in [1.29, 1.82) is 0 Å². The second kappa shape index (κ2) is 13.2. The molecule has 0 aliphatic carbocycles. The lowest BCUT2D eigenvalue weighted by atomic mass is 10.2. The van der Waals surface area contributed by atoms with E-state index in [1.807, 2.05) is 39.1 Å². The number of para-hydroxylation sites is 1. The van der Waals surface area contributed by atoms with E-state index in [9.17, 15) is 4.79 Å². The Hall–Kier alpha value is -2.96. The third-order valence-electron chi connectivity index (χ3n) is 5.56. The van der Waals surface area contributed by atoms with Crippen LogP contribution in [-0.2, 0) is 11.3 Å². The average Bonchev–Trinajstić information content (AvgIpc) is 3.25. The van der Waals surface area contributed by atoms with Crippen molar-refractivity contribution in [2.45, 2.75) is 32.2 Å². The van der Waals surface area contributed by atoms with Crippen LogP contribution < -0.4 is 9.47 Å². The van der Waals surface area contributed by atoms with Gasteiger partial charge in [0.2, 0.25) is 5.69 Å². The van der Waals surface area contributed by atoms with E-state index in [4.69, 9.17) is 0 Å². The highest BCUT2D eigenvalue weighted by atomic mass is 32.2. The van der Waals surface area contributed by atoms with Crippen LogP contribution in [0.15, 0.2) is 98.9 Å². The Labute approximate surface area is 218 Å². The molecule has 182 valence electrons. The molecule has 2 heterocycles. The molecule has 1 aromatic heterocycles. The molecule has 6 heteroatoms. The Kier molecular flexibility index (Phi) is 10.1. The first-order chi connectivity index (χ1) is 17.1. The van der Waals surface area contributed by atoms with E-state index in [2.05, 4.69) is 95.2 Å². The van der Waals surface area contributed by atoms with Crippen LogP contribution in [0.25, 0.3) is 6.08 Å². The van der Waals surface area contributed by atoms with E-state index in [0.717, 1.165) is 45.7 Å². The summed E-state index contributed by atoms with van der Waals surface area (Å²) >= 11 is 3.18. The lowest BCUT2D eigenvalue weighted by Gasteiger charge is -2.22. The fourth-order valence-corrected chi connectivity index (χ4v) is 5.85. The smallest absolute Gasteiger partial charge is 0.208 e. The zero-order valence-electron chi connectivity index (χ0n) is 21.1. The van der Waals surface area contributed by atoms with Gasteiger partial charge in [0, 0.05) is 49.3 Å². The summed E-state index contributed by atoms with van der Waals surface area (Å²) in [6, 6.07) is 24.9. The second-order valence-corrected chi connectivity index (χ2v) is 9.85. The molecule has 0 spiro atoms. The number of aldehydes is 1. The van der Waals surface area contributed by atoms with E-state index in [0.29, 0.717) is 0 Å². The summed E-state index contributed by atoms with van der Waals surface area (Å²) in [6.07, 6.45) is 5.26. The summed E-state index contributed by atoms with van der Waals surface area (Å²) in [6.45, 7) is 7.75. The number of anilines is 1. The molecule has 0 amide bonds. The van der Waals surface area contributed by atoms with Gasteiger partial charge in [0.25, 0.3) is 0 Å². The minimum Gasteiger partial charge on any atom is -0.369 e. The number of carbonyl (C=O) groups excluding carboxylic acids is 1. The number of rotatable bonds is 8. The topological polar surface area (TPSA) is 27.4 Å². The van der Waals surface area contributed by atoms with Crippen molar-refractivity contribution in [3.05, 3.63) is 105 Å². The van der Waals surface area contributed by atoms with Crippen LogP contribution in [0.3, 0.4) is 0 Å². The third kappa shape index (κ3) is 6.59. The van der Waals surface area contributed by atoms with Crippen molar-refractivity contribution in [2.75, 3.05) is 25.5 Å². The first-order valence-corrected chi connectivity index (χ1v) is 13.6. The molecular formula is C29H34N3OS2+. The van der Waals surface area contributed by atoms with Gasteiger partial charge in [0.1, 0.15) is 0 Å². The molecule has 1 aliphatic rings. The Balaban J connectivity index is 0.00000167. The van der Waals surface area contributed by atoms with Gasteiger partial charge in [-0.05, 0) is 25.1 Å². The van der Waals surface area contributed by atoms with Crippen molar-refractivity contribution in [3.8, 4) is 0 Å². The monoisotopic (exact) mass is 504 g/mol. The molecular weight excluding hydrogens is 470 g/mol. The van der Waals surface area contributed by atoms with Gasteiger partial charge in [-0.3, -0.25) is 4.79 Å². The van der Waals surface area contributed by atoms with Crippen molar-refractivity contribution >= 4 is 41.6 Å². The molecule has 0 bridgehead atoms. The first kappa shape index (κ1) is 26.6. The molecule has 0 atom stereocenters. The van der Waals surface area contributed by atoms with Gasteiger partial charge in [-0.1, -0.05) is 79.8 Å². The van der Waals surface area contributed by atoms with Gasteiger partial charge in [0.05, 0.1) is 20.7 Å². The van der Waals surface area contributed by atoms with Crippen molar-refractivity contribution in [1.82, 2.24) is 4.90 Å². The minimum absolute atomic E-state index is 0.718. The highest BCUT2D eigenvalue weighted by molar-refractivity contribution is 8.09. The van der Waals surface area contributed by atoms with Gasteiger partial charge in [-0.25, -0.2) is 0 Å². The van der Waals surface area contributed by atoms with Crippen LogP contribution in [0.4, 0.5) is 5.69 Å². The number of aromatic nitrogens is 1. The molecule has 1 aliphatic heterocycles. The number of pyridine rings is 1. The highest BCUT2D eigenvalue weighted by Gasteiger charge is 2.26. The molecule has 4 rings (SSSR count). The lowest BCUT2D eigenvalue weighted by molar-refractivity contribution is -0.690. The fraction of sp³-hybridized carbons (Fsp3) is 0.241. The summed E-state index contributed by atoms with van der Waals surface area (Å²) in [5, 5.41) is 2.00. The van der Waals surface area contributed by atoms with Crippen molar-refractivity contribution in [2.24, 2.45) is 0 Å². The van der Waals surface area contributed by atoms with Crippen LogP contribution in [-0.4, -0.2) is 31.8 Å². The molecule has 0 fully saturated rings. The molecule has 2 aromatic carbocycles. The summed E-state index contributed by atoms with van der Waals surface area (Å²) in [4.78, 5) is 18.4. The minimum atomic E-state index is 0.718. The van der Waals surface area contributed by atoms with Crippen LogP contribution in [0, 0.1) is 0 Å². The summed E-state index contributed by atoms with van der Waals surface area (Å²) in [5.74, 6) is 0. The van der Waals surface area contributed by atoms with Crippen LogP contribution in [0.1, 0.15) is 32.0 Å². The summed E-state index contributed by atoms with van der Waals surface area (Å²) in [5.41, 5.74) is 3.48. The molecule has 0 N–H and O–H groups in total. The maximum atomic E-state index is 12.2. The molecule has 0 saturated heterocycles. The molecule has 35 heavy (non-hydrogen) atoms. The fourth-order valence-electron chi connectivity index (χ4n) is 3.59. The summed E-state index contributed by atoms with van der Waals surface area (Å²) < 4.78 is 2.24. The van der Waals surface area contributed by atoms with Gasteiger partial charge in [0.15, 0.2) is 19.0 Å². The second-order valence-electron chi connectivity index (χ2n) is 7.75. The standard InChI is InChI=1S/C27H28N3OS2.C2H6/c1-4-28(2)26(18-22-14-10-11-17-30(22)19-21-12-6-5-7-13-21)32-25(20-31)27-29(3)23-15-8-9-16-24(23)33-27;1-2/h5-18,20H,4,19H2,1-3H3;1-2H3/q+1;/b27-25+;. The van der Waals surface area contributed by atoms with Gasteiger partial charge in [-0.15, -0.1) is 0 Å². The molecule has 3 aromatic rings. The van der Waals surface area contributed by atoms with E-state index >= 15 is 0 Å². The Morgan fingerprint density at radius 3 is 2.40 bits per heavy atom. The summed E-state index contributed by atoms with van der Waals surface area (Å²) in [7, 11) is 4.09. The van der Waals surface area contributed by atoms with E-state index in [-0.39, 0.29) is 0 Å². The quantitative estimate of drug-likeness (QED) is 0.195. The molecule has 0 radical (unpaired) electrons. The number of fused-ring (bicyclic) bond motifs is 1. The van der Waals surface area contributed by atoms with Crippen LogP contribution in [0.2, 0.25) is 0 Å². The normalized spacial score (nSPS) is 14.1. The van der Waals surface area contributed by atoms with E-state index in [1.165, 1.54) is 22.2 Å². The molecule has 0 unspecified atom stereocenters. The number of hydrogen-bond donors (Lipinski definition) is 0. The van der Waals surface area contributed by atoms with E-state index < -0.39 is 0 Å². The largest absolute Gasteiger partial charge is 0.369 e. The van der Waals surface area contributed by atoms with Gasteiger partial charge >= 0.3 is 0 Å². The zero-order chi connectivity index (χ0) is 25.2. The Morgan fingerprint density at radius 2 is 1.71 bits per heavy atom. The van der Waals surface area contributed by atoms with Crippen molar-refractivity contribution < 1.29 is 9.36 Å². The van der Waals surface area contributed by atoms with Gasteiger partial charge in [-0.2, -0.15) is 4.57 Å². The van der Waals surface area contributed by atoms with Gasteiger partial charge < -0.3 is 9.80 Å². The molecule has 4 nitrogen and oxygen atoms in total. The number of thioether (sulfide) groups is 2. The number of allylic oxidation sites excluding steroid dienone is 1. The number of benzene rings is 2. The predicted molar refractivity (Wildman–Crippen MR) is 151 cm³/mol. The predicted octanol–water partition coefficient (Wildman–Crippen LogP) is 6.64. The average molecular weight is 505 g/mol. The molecule has 0 saturated carbocycles. The van der Waals surface area contributed by atoms with Crippen LogP contribution in [0.5, 0.6) is 0 Å². The third-order valence-corrected chi connectivity index (χ3v) is 8.09. The number of hydrogen-bond acceptors (Lipinski definition) is 5. The maximum Gasteiger partial charge on any atom is 0.208 e.